The molecule has 126 valence electrons. The number of hydrogen-bond donors (Lipinski definition) is 0. The summed E-state index contributed by atoms with van der Waals surface area (Å²) in [5.41, 5.74) is 7.67. The molecule has 3 rings (SSSR count). The third-order valence-electron chi connectivity index (χ3n) is 5.59. The minimum absolute atomic E-state index is 0. The predicted molar refractivity (Wildman–Crippen MR) is 109 cm³/mol. The molecule has 1 atom stereocenters. The molecule has 0 spiro atoms. The van der Waals surface area contributed by atoms with E-state index in [0.717, 1.165) is 0 Å². The van der Waals surface area contributed by atoms with Gasteiger partial charge in [-0.2, -0.15) is 0 Å². The standard InChI is InChI=1S/C12H13.C5H5.2CH3.2ClH.H2Si.Zr/c1-8-6-11-9(2)4-5-10(3)12(11)7-8;1-2-4-5-3-1;;;;;;/h4-7H,1-3H3;1-3H,4H2;2*1H3;2*1H;1H2;. The van der Waals surface area contributed by atoms with Crippen molar-refractivity contribution in [3.05, 3.63) is 61.5 Å². The Morgan fingerprint density at radius 1 is 1.04 bits per heavy atom. The van der Waals surface area contributed by atoms with Gasteiger partial charge in [-0.05, 0) is 0 Å². The number of rotatable bonds is 2. The van der Waals surface area contributed by atoms with Gasteiger partial charge in [0, 0.05) is 0 Å². The van der Waals surface area contributed by atoms with Crippen LogP contribution in [0.1, 0.15) is 39.2 Å². The molecular weight excluding hydrogens is 418 g/mol. The monoisotopic (exact) mass is 444 g/mol. The molecule has 1 aromatic rings. The number of hydrogen-bond acceptors (Lipinski definition) is 0. The first-order valence-corrected chi connectivity index (χ1v) is 21.4. The van der Waals surface area contributed by atoms with E-state index in [1.54, 1.807) is 14.4 Å². The molecule has 0 bridgehead atoms. The van der Waals surface area contributed by atoms with Gasteiger partial charge in [0.25, 0.3) is 0 Å². The topological polar surface area (TPSA) is 0 Å². The van der Waals surface area contributed by atoms with Crippen LogP contribution < -0.4 is 0 Å². The quantitative estimate of drug-likeness (QED) is 0.505. The Labute approximate surface area is 155 Å². The summed E-state index contributed by atoms with van der Waals surface area (Å²) in [4.78, 5) is 0. The molecule has 0 fully saturated rings. The van der Waals surface area contributed by atoms with Crippen molar-refractivity contribution in [2.75, 3.05) is 0 Å². The van der Waals surface area contributed by atoms with Gasteiger partial charge in [0.05, 0.1) is 0 Å². The average molecular weight is 447 g/mol. The molecule has 23 heavy (non-hydrogen) atoms. The van der Waals surface area contributed by atoms with Crippen LogP contribution in [0.25, 0.3) is 6.08 Å². The number of aryl methyl sites for hydroxylation is 2. The predicted octanol–water partition coefficient (Wildman–Crippen LogP) is 5.78. The first kappa shape index (κ1) is 21.2. The van der Waals surface area contributed by atoms with Crippen molar-refractivity contribution < 1.29 is 17.4 Å². The van der Waals surface area contributed by atoms with E-state index in [4.69, 9.17) is 0 Å². The third-order valence-corrected chi connectivity index (χ3v) is 23.2. The normalized spacial score (nSPS) is 19.5. The summed E-state index contributed by atoms with van der Waals surface area (Å²) < 4.78 is 7.75. The summed E-state index contributed by atoms with van der Waals surface area (Å²) in [5.74, 6) is 0. The number of fused-ring (bicyclic) bond motifs is 1. The van der Waals surface area contributed by atoms with Gasteiger partial charge < -0.3 is 0 Å². The average Bonchev–Trinajstić information content (AvgIpc) is 3.01. The Bertz CT molecular complexity index is 794. The van der Waals surface area contributed by atoms with Crippen molar-refractivity contribution in [1.29, 1.82) is 0 Å². The van der Waals surface area contributed by atoms with Crippen LogP contribution in [0.15, 0.2) is 39.2 Å². The van der Waals surface area contributed by atoms with Gasteiger partial charge in [-0.1, -0.05) is 0 Å². The minimum Gasteiger partial charge on any atom is -0.147 e. The van der Waals surface area contributed by atoms with E-state index in [-0.39, 0.29) is 24.8 Å². The van der Waals surface area contributed by atoms with E-state index in [0.29, 0.717) is 3.63 Å². The summed E-state index contributed by atoms with van der Waals surface area (Å²) in [6.45, 7) is 9.30. The summed E-state index contributed by atoms with van der Waals surface area (Å²) in [6.07, 6.45) is 10.7. The fourth-order valence-electron chi connectivity index (χ4n) is 4.40. The second kappa shape index (κ2) is 6.79. The van der Waals surface area contributed by atoms with Gasteiger partial charge in [0.15, 0.2) is 0 Å². The number of allylic oxidation sites excluding steroid dienone is 5. The number of benzene rings is 1. The Morgan fingerprint density at radius 2 is 1.65 bits per heavy atom. The SMILES string of the molecule is CC1=Cc2c(C)ccc(C)c2[CH]1[Zr]([CH3])([CH3])(=[SiH2])[C]1=CC=CC1.Cl.Cl. The van der Waals surface area contributed by atoms with E-state index in [9.17, 15) is 0 Å². The van der Waals surface area contributed by atoms with Crippen LogP contribution in [0.2, 0.25) is 9.26 Å². The molecule has 0 N–H and O–H groups in total. The third kappa shape index (κ3) is 3.30. The first-order valence-electron chi connectivity index (χ1n) is 7.92. The van der Waals surface area contributed by atoms with E-state index >= 15 is 0 Å². The molecule has 0 heterocycles. The van der Waals surface area contributed by atoms with Crippen LogP contribution in [0.5, 0.6) is 0 Å². The van der Waals surface area contributed by atoms with Gasteiger partial charge >= 0.3 is 132 Å². The summed E-state index contributed by atoms with van der Waals surface area (Å²) in [7, 11) is 0. The maximum Gasteiger partial charge on any atom is -0.147 e. The Morgan fingerprint density at radius 3 is 2.22 bits per heavy atom. The molecule has 0 amide bonds. The first-order chi connectivity index (χ1) is 9.71. The van der Waals surface area contributed by atoms with E-state index < -0.39 is 17.4 Å². The number of halogens is 2. The maximum atomic E-state index is 2.65. The van der Waals surface area contributed by atoms with Gasteiger partial charge in [-0.25, -0.2) is 0 Å². The van der Waals surface area contributed by atoms with Gasteiger partial charge in [-0.15, -0.1) is 24.8 Å². The molecule has 0 saturated carbocycles. The van der Waals surface area contributed by atoms with Crippen LogP contribution in [-0.2, 0) is 17.4 Å². The molecule has 0 aromatic heterocycles. The van der Waals surface area contributed by atoms with Gasteiger partial charge in [0.1, 0.15) is 0 Å². The molecule has 4 heteroatoms. The Kier molecular flexibility index (Phi) is 6.25. The van der Waals surface area contributed by atoms with Crippen molar-refractivity contribution in [3.63, 3.8) is 0 Å². The molecule has 2 aliphatic carbocycles. The summed E-state index contributed by atoms with van der Waals surface area (Å²) in [5, 5.41) is 0. The molecule has 0 saturated heterocycles. The molecule has 1 unspecified atom stereocenters. The Balaban J connectivity index is 0.00000132. The fourth-order valence-corrected chi connectivity index (χ4v) is 20.5. The summed E-state index contributed by atoms with van der Waals surface area (Å²) in [6, 6.07) is 4.60. The molecule has 0 radical (unpaired) electrons. The zero-order chi connectivity index (χ0) is 15.4. The van der Waals surface area contributed by atoms with Crippen molar-refractivity contribution in [2.45, 2.75) is 40.1 Å². The summed E-state index contributed by atoms with van der Waals surface area (Å²) >= 11 is -2.96. The van der Waals surface area contributed by atoms with Crippen LogP contribution >= 0.6 is 24.8 Å². The van der Waals surface area contributed by atoms with Gasteiger partial charge in [0.2, 0.25) is 0 Å². The van der Waals surface area contributed by atoms with E-state index in [2.05, 4.69) is 73.4 Å². The zero-order valence-corrected chi connectivity index (χ0v) is 20.3. The minimum atomic E-state index is -2.96. The molecular formula is C19H28Cl2SiZr. The van der Waals surface area contributed by atoms with Crippen molar-refractivity contribution in [3.8, 4) is 0 Å². The molecule has 0 aliphatic heterocycles. The van der Waals surface area contributed by atoms with Crippen LogP contribution in [0.4, 0.5) is 0 Å². The zero-order valence-electron chi connectivity index (χ0n) is 14.8. The molecule has 1 aromatic carbocycles. The van der Waals surface area contributed by atoms with Crippen molar-refractivity contribution in [2.24, 2.45) is 0 Å². The van der Waals surface area contributed by atoms with Crippen LogP contribution in [0.3, 0.4) is 0 Å². The van der Waals surface area contributed by atoms with E-state index in [1.165, 1.54) is 23.1 Å². The van der Waals surface area contributed by atoms with Crippen LogP contribution in [-0.4, -0.2) is 6.88 Å². The van der Waals surface area contributed by atoms with Gasteiger partial charge in [-0.3, -0.25) is 0 Å². The largest absolute Gasteiger partial charge is 0.147 e. The van der Waals surface area contributed by atoms with Crippen molar-refractivity contribution in [1.82, 2.24) is 0 Å². The van der Waals surface area contributed by atoms with Crippen LogP contribution in [0, 0.1) is 13.8 Å². The molecule has 2 aliphatic rings. The smallest absolute Gasteiger partial charge is 0.147 e. The van der Waals surface area contributed by atoms with E-state index in [1.807, 2.05) is 0 Å². The second-order valence-electron chi connectivity index (χ2n) is 7.98. The molecule has 0 nitrogen and oxygen atoms in total. The Hall–Kier alpha value is 0.120. The van der Waals surface area contributed by atoms with Crippen molar-refractivity contribution >= 4 is 37.8 Å². The maximum absolute atomic E-state index is 2.96. The second-order valence-corrected chi connectivity index (χ2v) is 37.7. The fraction of sp³-hybridized carbons (Fsp3) is 0.368.